The fraction of sp³-hybridized carbons (Fsp3) is 0.278. The monoisotopic (exact) mass is 465 g/mol. The van der Waals surface area contributed by atoms with Crippen LogP contribution in [0.25, 0.3) is 4.96 Å². The molecule has 0 spiro atoms. The van der Waals surface area contributed by atoms with Crippen molar-refractivity contribution in [2.24, 2.45) is 0 Å². The SMILES string of the molecule is CC(=O)NCC1CN(S(=O)(=O)c2c(C)nc3sccn23)c2cc(NC(=O)O)ccc2O1. The molecule has 3 heterocycles. The lowest BCUT2D eigenvalue weighted by atomic mass is 10.2. The van der Waals surface area contributed by atoms with Crippen molar-refractivity contribution < 1.29 is 27.9 Å². The zero-order chi connectivity index (χ0) is 22.3. The number of amides is 2. The summed E-state index contributed by atoms with van der Waals surface area (Å²) in [5, 5.41) is 15.6. The molecule has 0 aliphatic carbocycles. The Kier molecular flexibility index (Phi) is 5.23. The van der Waals surface area contributed by atoms with Gasteiger partial charge in [0.2, 0.25) is 5.91 Å². The van der Waals surface area contributed by atoms with Crippen LogP contribution in [0.4, 0.5) is 16.2 Å². The van der Waals surface area contributed by atoms with Gasteiger partial charge in [0.05, 0.1) is 24.5 Å². The van der Waals surface area contributed by atoms with Crippen LogP contribution in [0.3, 0.4) is 0 Å². The number of imidazole rings is 1. The van der Waals surface area contributed by atoms with Crippen molar-refractivity contribution in [2.75, 3.05) is 22.7 Å². The number of ether oxygens (including phenoxy) is 1. The molecule has 0 saturated carbocycles. The third-order valence-electron chi connectivity index (χ3n) is 4.64. The number of carbonyl (C=O) groups is 2. The number of rotatable bonds is 5. The zero-order valence-electron chi connectivity index (χ0n) is 16.5. The maximum Gasteiger partial charge on any atom is 0.409 e. The first-order chi connectivity index (χ1) is 14.7. The summed E-state index contributed by atoms with van der Waals surface area (Å²) in [5.74, 6) is -0.0127. The molecule has 11 nitrogen and oxygen atoms in total. The average molecular weight is 466 g/mol. The average Bonchev–Trinajstić information content (AvgIpc) is 3.25. The second-order valence-electron chi connectivity index (χ2n) is 6.88. The predicted octanol–water partition coefficient (Wildman–Crippen LogP) is 1.89. The molecule has 0 saturated heterocycles. The molecule has 0 bridgehead atoms. The van der Waals surface area contributed by atoms with Crippen LogP contribution < -0.4 is 19.7 Å². The van der Waals surface area contributed by atoms with E-state index in [9.17, 15) is 18.0 Å². The molecule has 1 atom stereocenters. The highest BCUT2D eigenvalue weighted by Gasteiger charge is 2.38. The Morgan fingerprint density at radius 3 is 2.87 bits per heavy atom. The fourth-order valence-electron chi connectivity index (χ4n) is 3.39. The number of fused-ring (bicyclic) bond motifs is 2. The normalized spacial score (nSPS) is 15.9. The van der Waals surface area contributed by atoms with E-state index in [1.54, 1.807) is 18.5 Å². The number of anilines is 2. The van der Waals surface area contributed by atoms with Crippen LogP contribution >= 0.6 is 11.3 Å². The van der Waals surface area contributed by atoms with Crippen molar-refractivity contribution in [1.82, 2.24) is 14.7 Å². The van der Waals surface area contributed by atoms with Crippen LogP contribution in [0.1, 0.15) is 12.6 Å². The summed E-state index contributed by atoms with van der Waals surface area (Å²) >= 11 is 1.31. The quantitative estimate of drug-likeness (QED) is 0.522. The predicted molar refractivity (Wildman–Crippen MR) is 114 cm³/mol. The lowest BCUT2D eigenvalue weighted by Crippen LogP contribution is -2.48. The van der Waals surface area contributed by atoms with Gasteiger partial charge in [-0.3, -0.25) is 18.8 Å². The smallest absolute Gasteiger partial charge is 0.409 e. The first kappa shape index (κ1) is 20.9. The van der Waals surface area contributed by atoms with Crippen LogP contribution in [0, 0.1) is 6.92 Å². The van der Waals surface area contributed by atoms with E-state index >= 15 is 0 Å². The molecule has 1 aliphatic rings. The van der Waals surface area contributed by atoms with E-state index in [-0.39, 0.29) is 41.1 Å². The Hall–Kier alpha value is -3.32. The first-order valence-electron chi connectivity index (χ1n) is 9.17. The van der Waals surface area contributed by atoms with Gasteiger partial charge < -0.3 is 15.2 Å². The summed E-state index contributed by atoms with van der Waals surface area (Å²) < 4.78 is 36.0. The van der Waals surface area contributed by atoms with Crippen molar-refractivity contribution in [3.05, 3.63) is 35.5 Å². The van der Waals surface area contributed by atoms with E-state index in [2.05, 4.69) is 15.6 Å². The van der Waals surface area contributed by atoms with Crippen LogP contribution in [-0.2, 0) is 14.8 Å². The largest absolute Gasteiger partial charge is 0.484 e. The van der Waals surface area contributed by atoms with Crippen molar-refractivity contribution in [1.29, 1.82) is 0 Å². The number of sulfonamides is 1. The Bertz CT molecular complexity index is 1280. The van der Waals surface area contributed by atoms with Gasteiger partial charge >= 0.3 is 6.09 Å². The summed E-state index contributed by atoms with van der Waals surface area (Å²) in [4.78, 5) is 27.2. The second-order valence-corrected chi connectivity index (χ2v) is 9.53. The number of nitrogens with zero attached hydrogens (tertiary/aromatic N) is 3. The summed E-state index contributed by atoms with van der Waals surface area (Å²) in [7, 11) is -4.10. The van der Waals surface area contributed by atoms with E-state index in [0.717, 1.165) is 0 Å². The van der Waals surface area contributed by atoms with Crippen molar-refractivity contribution in [3.63, 3.8) is 0 Å². The number of aromatic nitrogens is 2. The van der Waals surface area contributed by atoms with Crippen LogP contribution in [-0.4, -0.2) is 54.1 Å². The molecule has 31 heavy (non-hydrogen) atoms. The molecule has 2 amide bonds. The first-order valence-corrected chi connectivity index (χ1v) is 11.5. The van der Waals surface area contributed by atoms with Gasteiger partial charge in [-0.05, 0) is 25.1 Å². The maximum absolute atomic E-state index is 13.8. The summed E-state index contributed by atoms with van der Waals surface area (Å²) in [6.07, 6.45) is -0.289. The number of aryl methyl sites for hydroxylation is 1. The van der Waals surface area contributed by atoms with Crippen LogP contribution in [0.2, 0.25) is 0 Å². The fourth-order valence-corrected chi connectivity index (χ4v) is 6.00. The molecule has 1 unspecified atom stereocenters. The highest BCUT2D eigenvalue weighted by Crippen LogP contribution is 2.39. The summed E-state index contributed by atoms with van der Waals surface area (Å²) in [6.45, 7) is 3.00. The molecule has 13 heteroatoms. The summed E-state index contributed by atoms with van der Waals surface area (Å²) in [6, 6.07) is 4.36. The molecule has 0 fully saturated rings. The topological polar surface area (TPSA) is 142 Å². The van der Waals surface area contributed by atoms with Crippen molar-refractivity contribution in [2.45, 2.75) is 25.0 Å². The van der Waals surface area contributed by atoms with Gasteiger partial charge in [-0.2, -0.15) is 8.42 Å². The Morgan fingerprint density at radius 1 is 1.39 bits per heavy atom. The Balaban J connectivity index is 1.82. The van der Waals surface area contributed by atoms with Crippen molar-refractivity contribution in [3.8, 4) is 5.75 Å². The summed E-state index contributed by atoms with van der Waals surface area (Å²) in [5.41, 5.74) is 0.731. The number of carboxylic acid groups (broad SMARTS) is 1. The van der Waals surface area contributed by atoms with Gasteiger partial charge in [0, 0.05) is 24.2 Å². The Labute approximate surface area is 181 Å². The molecule has 4 rings (SSSR count). The van der Waals surface area contributed by atoms with E-state index in [1.807, 2.05) is 0 Å². The van der Waals surface area contributed by atoms with E-state index in [4.69, 9.17) is 9.84 Å². The lowest BCUT2D eigenvalue weighted by molar-refractivity contribution is -0.119. The lowest BCUT2D eigenvalue weighted by Gasteiger charge is -2.35. The van der Waals surface area contributed by atoms with E-state index < -0.39 is 22.2 Å². The number of benzene rings is 1. The molecular weight excluding hydrogens is 446 g/mol. The Morgan fingerprint density at radius 2 is 2.16 bits per heavy atom. The highest BCUT2D eigenvalue weighted by atomic mass is 32.2. The number of carbonyl (C=O) groups excluding carboxylic acids is 1. The zero-order valence-corrected chi connectivity index (χ0v) is 18.2. The van der Waals surface area contributed by atoms with Gasteiger partial charge in [-0.1, -0.05) is 0 Å². The van der Waals surface area contributed by atoms with Crippen LogP contribution in [0.5, 0.6) is 5.75 Å². The standard InChI is InChI=1S/C18H19N5O6S2/c1-10-16(22-5-6-30-17(22)20-10)31(27,28)23-9-13(8-19-11(2)24)29-15-4-3-12(7-14(15)23)21-18(25)26/h3-7,13,21H,8-9H2,1-2H3,(H,19,24)(H,25,26). The molecule has 1 aromatic carbocycles. The second kappa shape index (κ2) is 7.74. The van der Waals surface area contributed by atoms with Gasteiger partial charge in [0.25, 0.3) is 10.0 Å². The number of thiazole rings is 1. The van der Waals surface area contributed by atoms with Gasteiger partial charge in [0.1, 0.15) is 11.9 Å². The van der Waals surface area contributed by atoms with Gasteiger partial charge in [0.15, 0.2) is 9.99 Å². The third kappa shape index (κ3) is 3.88. The van der Waals surface area contributed by atoms with E-state index in [1.165, 1.54) is 45.2 Å². The molecule has 2 aromatic heterocycles. The minimum atomic E-state index is -4.10. The molecule has 1 aliphatic heterocycles. The number of hydrogen-bond donors (Lipinski definition) is 3. The van der Waals surface area contributed by atoms with E-state index in [0.29, 0.717) is 10.7 Å². The molecule has 3 aromatic rings. The third-order valence-corrected chi connectivity index (χ3v) is 7.30. The van der Waals surface area contributed by atoms with Gasteiger partial charge in [-0.25, -0.2) is 9.78 Å². The van der Waals surface area contributed by atoms with Crippen LogP contribution in [0.15, 0.2) is 34.8 Å². The minimum Gasteiger partial charge on any atom is -0.484 e. The number of hydrogen-bond acceptors (Lipinski definition) is 7. The van der Waals surface area contributed by atoms with Gasteiger partial charge in [-0.15, -0.1) is 11.3 Å². The molecule has 164 valence electrons. The highest BCUT2D eigenvalue weighted by molar-refractivity contribution is 7.92. The number of nitrogens with one attached hydrogen (secondary N) is 2. The molecule has 3 N–H and O–H groups in total. The molecular formula is C18H19N5O6S2. The van der Waals surface area contributed by atoms with Crippen molar-refractivity contribution >= 4 is 49.7 Å². The minimum absolute atomic E-state index is 0.0199. The maximum atomic E-state index is 13.8. The molecule has 0 radical (unpaired) electrons.